The molecule has 1 fully saturated rings. The molecule has 0 saturated heterocycles. The van der Waals surface area contributed by atoms with Gasteiger partial charge in [0.05, 0.1) is 12.4 Å². The van der Waals surface area contributed by atoms with Crippen molar-refractivity contribution in [3.63, 3.8) is 0 Å². The Morgan fingerprint density at radius 3 is 2.28 bits per heavy atom. The van der Waals surface area contributed by atoms with Crippen molar-refractivity contribution in [3.8, 4) is 0 Å². The molecule has 0 atom stereocenters. The summed E-state index contributed by atoms with van der Waals surface area (Å²) in [5, 5.41) is 5.52. The van der Waals surface area contributed by atoms with Crippen molar-refractivity contribution in [2.45, 2.75) is 44.6 Å². The standard InChI is InChI=1S/C18H20F2N4O/c19-13-8-5-9-14(20)17(13)24-18(25)15-10-22-16(11-21-15)23-12-6-3-1-2-4-7-12/h5,8-12H,1-4,6-7H2,(H,22,23)(H,24,25). The maximum Gasteiger partial charge on any atom is 0.276 e. The fourth-order valence-electron chi connectivity index (χ4n) is 2.95. The molecule has 2 aromatic rings. The Bertz CT molecular complexity index is 708. The van der Waals surface area contributed by atoms with Crippen molar-refractivity contribution in [3.05, 3.63) is 47.9 Å². The third kappa shape index (κ3) is 4.49. The minimum atomic E-state index is -0.840. The summed E-state index contributed by atoms with van der Waals surface area (Å²) in [5.41, 5.74) is -0.496. The smallest absolute Gasteiger partial charge is 0.276 e. The van der Waals surface area contributed by atoms with E-state index in [4.69, 9.17) is 0 Å². The number of carbonyl (C=O) groups is 1. The van der Waals surface area contributed by atoms with Gasteiger partial charge in [-0.1, -0.05) is 31.7 Å². The third-order valence-corrected chi connectivity index (χ3v) is 4.29. The second-order valence-corrected chi connectivity index (χ2v) is 6.17. The largest absolute Gasteiger partial charge is 0.366 e. The molecule has 5 nitrogen and oxygen atoms in total. The fourth-order valence-corrected chi connectivity index (χ4v) is 2.95. The monoisotopic (exact) mass is 346 g/mol. The number of benzene rings is 1. The van der Waals surface area contributed by atoms with E-state index in [1.54, 1.807) is 0 Å². The van der Waals surface area contributed by atoms with E-state index in [1.807, 2.05) is 0 Å². The highest BCUT2D eigenvalue weighted by Gasteiger charge is 2.16. The fraction of sp³-hybridized carbons (Fsp3) is 0.389. The molecule has 132 valence electrons. The predicted octanol–water partition coefficient (Wildman–Crippen LogP) is 4.14. The SMILES string of the molecule is O=C(Nc1c(F)cccc1F)c1cnc(NC2CCCCCC2)cn1. The Balaban J connectivity index is 1.64. The summed E-state index contributed by atoms with van der Waals surface area (Å²) in [7, 11) is 0. The Hall–Kier alpha value is -2.57. The highest BCUT2D eigenvalue weighted by Crippen LogP contribution is 2.21. The molecule has 0 radical (unpaired) electrons. The number of hydrogen-bond acceptors (Lipinski definition) is 4. The van der Waals surface area contributed by atoms with Gasteiger partial charge in [0.25, 0.3) is 5.91 Å². The minimum absolute atomic E-state index is 0.00549. The van der Waals surface area contributed by atoms with Gasteiger partial charge in [-0.3, -0.25) is 4.79 Å². The topological polar surface area (TPSA) is 66.9 Å². The van der Waals surface area contributed by atoms with E-state index in [9.17, 15) is 13.6 Å². The van der Waals surface area contributed by atoms with Crippen molar-refractivity contribution < 1.29 is 13.6 Å². The van der Waals surface area contributed by atoms with Crippen LogP contribution in [0.15, 0.2) is 30.6 Å². The maximum absolute atomic E-state index is 13.6. The van der Waals surface area contributed by atoms with Crippen LogP contribution in [0.25, 0.3) is 0 Å². The van der Waals surface area contributed by atoms with Crippen LogP contribution in [-0.2, 0) is 0 Å². The number of carbonyl (C=O) groups excluding carboxylic acids is 1. The van der Waals surface area contributed by atoms with Gasteiger partial charge >= 0.3 is 0 Å². The van der Waals surface area contributed by atoms with Crippen LogP contribution in [0.2, 0.25) is 0 Å². The molecule has 1 aromatic carbocycles. The van der Waals surface area contributed by atoms with E-state index in [0.717, 1.165) is 25.0 Å². The lowest BCUT2D eigenvalue weighted by atomic mass is 10.1. The van der Waals surface area contributed by atoms with Crippen LogP contribution < -0.4 is 10.6 Å². The molecule has 0 bridgehead atoms. The summed E-state index contributed by atoms with van der Waals surface area (Å²) in [5.74, 6) is -1.79. The van der Waals surface area contributed by atoms with Crippen LogP contribution in [0.4, 0.5) is 20.3 Å². The number of amides is 1. The van der Waals surface area contributed by atoms with Crippen LogP contribution in [0.1, 0.15) is 49.0 Å². The molecule has 2 N–H and O–H groups in total. The van der Waals surface area contributed by atoms with Crippen molar-refractivity contribution in [2.75, 3.05) is 10.6 Å². The van der Waals surface area contributed by atoms with Gasteiger partial charge in [0.2, 0.25) is 0 Å². The summed E-state index contributed by atoms with van der Waals surface area (Å²) >= 11 is 0. The lowest BCUT2D eigenvalue weighted by Gasteiger charge is -2.16. The molecule has 0 aliphatic heterocycles. The first-order chi connectivity index (χ1) is 12.1. The molecule has 3 rings (SSSR count). The van der Waals surface area contributed by atoms with Crippen LogP contribution in [0.3, 0.4) is 0 Å². The lowest BCUT2D eigenvalue weighted by Crippen LogP contribution is -2.20. The van der Waals surface area contributed by atoms with Crippen LogP contribution in [0.5, 0.6) is 0 Å². The normalized spacial score (nSPS) is 15.4. The van der Waals surface area contributed by atoms with Gasteiger partial charge in [-0.25, -0.2) is 18.7 Å². The molecule has 25 heavy (non-hydrogen) atoms. The summed E-state index contributed by atoms with van der Waals surface area (Å²) in [6.45, 7) is 0. The summed E-state index contributed by atoms with van der Waals surface area (Å²) in [6, 6.07) is 3.74. The van der Waals surface area contributed by atoms with Gasteiger partial charge in [-0.15, -0.1) is 0 Å². The Kier molecular flexibility index (Phi) is 5.53. The molecule has 1 amide bonds. The molecular formula is C18H20F2N4O. The Morgan fingerprint density at radius 2 is 1.68 bits per heavy atom. The quantitative estimate of drug-likeness (QED) is 0.817. The molecule has 1 aliphatic carbocycles. The first-order valence-corrected chi connectivity index (χ1v) is 8.47. The zero-order valence-electron chi connectivity index (χ0n) is 13.8. The van der Waals surface area contributed by atoms with Gasteiger partial charge in [0.15, 0.2) is 0 Å². The number of rotatable bonds is 4. The van der Waals surface area contributed by atoms with Crippen molar-refractivity contribution in [1.82, 2.24) is 9.97 Å². The van der Waals surface area contributed by atoms with E-state index in [1.165, 1.54) is 44.1 Å². The zero-order chi connectivity index (χ0) is 17.6. The van der Waals surface area contributed by atoms with Gasteiger partial charge < -0.3 is 10.6 Å². The number of aromatic nitrogens is 2. The lowest BCUT2D eigenvalue weighted by molar-refractivity contribution is 0.102. The number of nitrogens with one attached hydrogen (secondary N) is 2. The van der Waals surface area contributed by atoms with Gasteiger partial charge in [-0.05, 0) is 25.0 Å². The first-order valence-electron chi connectivity index (χ1n) is 8.47. The maximum atomic E-state index is 13.6. The molecule has 1 aromatic heterocycles. The summed E-state index contributed by atoms with van der Waals surface area (Å²) in [4.78, 5) is 20.3. The summed E-state index contributed by atoms with van der Waals surface area (Å²) < 4.78 is 27.2. The van der Waals surface area contributed by atoms with Crippen molar-refractivity contribution in [2.24, 2.45) is 0 Å². The van der Waals surface area contributed by atoms with E-state index in [2.05, 4.69) is 20.6 Å². The van der Waals surface area contributed by atoms with Gasteiger partial charge in [0, 0.05) is 6.04 Å². The van der Waals surface area contributed by atoms with E-state index >= 15 is 0 Å². The number of halogens is 2. The second-order valence-electron chi connectivity index (χ2n) is 6.17. The highest BCUT2D eigenvalue weighted by molar-refractivity contribution is 6.02. The highest BCUT2D eigenvalue weighted by atomic mass is 19.1. The number of para-hydroxylation sites is 1. The van der Waals surface area contributed by atoms with Crippen molar-refractivity contribution in [1.29, 1.82) is 0 Å². The molecule has 1 heterocycles. The number of anilines is 2. The van der Waals surface area contributed by atoms with Crippen LogP contribution in [0, 0.1) is 11.6 Å². The second kappa shape index (κ2) is 8.00. The molecular weight excluding hydrogens is 326 g/mol. The van der Waals surface area contributed by atoms with Gasteiger partial charge in [0.1, 0.15) is 28.8 Å². The van der Waals surface area contributed by atoms with Crippen molar-refractivity contribution >= 4 is 17.4 Å². The summed E-state index contributed by atoms with van der Waals surface area (Å²) in [6.07, 6.45) is 9.86. The number of hydrogen-bond donors (Lipinski definition) is 2. The Morgan fingerprint density at radius 1 is 1.00 bits per heavy atom. The molecule has 0 spiro atoms. The molecule has 7 heteroatoms. The van der Waals surface area contributed by atoms with Crippen LogP contribution in [-0.4, -0.2) is 21.9 Å². The van der Waals surface area contributed by atoms with E-state index < -0.39 is 23.2 Å². The molecule has 1 aliphatic rings. The Labute approximate surface area is 144 Å². The third-order valence-electron chi connectivity index (χ3n) is 4.29. The number of nitrogens with zero attached hydrogens (tertiary/aromatic N) is 2. The van der Waals surface area contributed by atoms with Crippen LogP contribution >= 0.6 is 0 Å². The molecule has 1 saturated carbocycles. The van der Waals surface area contributed by atoms with Gasteiger partial charge in [-0.2, -0.15) is 0 Å². The minimum Gasteiger partial charge on any atom is -0.366 e. The first kappa shape index (κ1) is 17.3. The zero-order valence-corrected chi connectivity index (χ0v) is 13.8. The average molecular weight is 346 g/mol. The average Bonchev–Trinajstić information content (AvgIpc) is 2.87. The van der Waals surface area contributed by atoms with E-state index in [0.29, 0.717) is 11.9 Å². The van der Waals surface area contributed by atoms with E-state index in [-0.39, 0.29) is 5.69 Å². The predicted molar refractivity (Wildman–Crippen MR) is 91.5 cm³/mol. The molecule has 0 unspecified atom stereocenters.